The van der Waals surface area contributed by atoms with E-state index in [9.17, 15) is 4.79 Å². The number of carbonyl (C=O) groups excluding carboxylic acids is 1. The molecule has 208 valence electrons. The third-order valence-electron chi connectivity index (χ3n) is 6.32. The van der Waals surface area contributed by atoms with Crippen LogP contribution in [-0.4, -0.2) is 40.2 Å². The lowest BCUT2D eigenvalue weighted by molar-refractivity contribution is -0.139. The zero-order chi connectivity index (χ0) is 27.8. The van der Waals surface area contributed by atoms with Crippen LogP contribution in [0.3, 0.4) is 0 Å². The molecule has 0 radical (unpaired) electrons. The van der Waals surface area contributed by atoms with Crippen molar-refractivity contribution in [3.05, 3.63) is 69.9 Å². The summed E-state index contributed by atoms with van der Waals surface area (Å²) in [6.45, 7) is 6.81. The van der Waals surface area contributed by atoms with Gasteiger partial charge in [-0.15, -0.1) is 5.10 Å². The van der Waals surface area contributed by atoms with Crippen LogP contribution in [0, 0.1) is 0 Å². The lowest BCUT2D eigenvalue weighted by Gasteiger charge is -2.28. The van der Waals surface area contributed by atoms with Crippen molar-refractivity contribution in [1.29, 1.82) is 0 Å². The molecule has 10 heteroatoms. The number of aromatic nitrogens is 3. The Kier molecular flexibility index (Phi) is 10.2. The Morgan fingerprint density at radius 1 is 1.10 bits per heavy atom. The Labute approximate surface area is 239 Å². The van der Waals surface area contributed by atoms with E-state index in [0.29, 0.717) is 52.1 Å². The molecular formula is C29H35ClN4O4S. The molecule has 4 rings (SSSR count). The predicted octanol–water partition coefficient (Wildman–Crippen LogP) is 7.04. The number of allylic oxidation sites excluding steroid dienone is 1. The number of methoxy groups -OCH3 is 1. The first-order chi connectivity index (χ1) is 18.9. The van der Waals surface area contributed by atoms with Crippen LogP contribution in [-0.2, 0) is 16.1 Å². The average molecular weight is 571 g/mol. The normalized spacial score (nSPS) is 14.5. The SMILES string of the molecule is CCCCOC(=O)C1=C(C)Nc2nc(SCCCC)nn2C1c1ccc(OCc2ccc(Cl)cc2)c(OC)c1. The van der Waals surface area contributed by atoms with E-state index in [0.717, 1.165) is 42.6 Å². The van der Waals surface area contributed by atoms with Gasteiger partial charge in [0.05, 0.1) is 19.3 Å². The van der Waals surface area contributed by atoms with Crippen LogP contribution >= 0.6 is 23.4 Å². The highest BCUT2D eigenvalue weighted by Gasteiger charge is 2.35. The summed E-state index contributed by atoms with van der Waals surface area (Å²) in [6, 6.07) is 12.6. The minimum atomic E-state index is -0.539. The van der Waals surface area contributed by atoms with E-state index in [4.69, 9.17) is 35.9 Å². The molecule has 1 aliphatic heterocycles. The minimum absolute atomic E-state index is 0.361. The zero-order valence-electron chi connectivity index (χ0n) is 22.8. The molecule has 0 fully saturated rings. The van der Waals surface area contributed by atoms with E-state index in [2.05, 4.69) is 19.2 Å². The van der Waals surface area contributed by atoms with Gasteiger partial charge in [0, 0.05) is 16.5 Å². The summed E-state index contributed by atoms with van der Waals surface area (Å²) in [7, 11) is 1.60. The molecule has 0 saturated carbocycles. The van der Waals surface area contributed by atoms with Gasteiger partial charge in [-0.3, -0.25) is 0 Å². The Morgan fingerprint density at radius 2 is 1.87 bits per heavy atom. The molecule has 8 nitrogen and oxygen atoms in total. The minimum Gasteiger partial charge on any atom is -0.493 e. The summed E-state index contributed by atoms with van der Waals surface area (Å²) in [5.74, 6) is 2.28. The maximum atomic E-state index is 13.3. The molecule has 1 aliphatic rings. The number of carbonyl (C=O) groups is 1. The monoisotopic (exact) mass is 570 g/mol. The largest absolute Gasteiger partial charge is 0.493 e. The van der Waals surface area contributed by atoms with Crippen LogP contribution < -0.4 is 14.8 Å². The van der Waals surface area contributed by atoms with Gasteiger partial charge in [-0.05, 0) is 55.2 Å². The number of unbranched alkanes of at least 4 members (excludes halogenated alkanes) is 2. The number of nitrogens with one attached hydrogen (secondary N) is 1. The molecule has 0 bridgehead atoms. The summed E-state index contributed by atoms with van der Waals surface area (Å²) in [5.41, 5.74) is 2.98. The molecule has 1 N–H and O–H groups in total. The third-order valence-corrected chi connectivity index (χ3v) is 7.50. The molecule has 0 aliphatic carbocycles. The predicted molar refractivity (Wildman–Crippen MR) is 155 cm³/mol. The van der Waals surface area contributed by atoms with Gasteiger partial charge in [0.25, 0.3) is 0 Å². The first-order valence-corrected chi connectivity index (χ1v) is 14.6. The Hall–Kier alpha value is -3.17. The number of fused-ring (bicyclic) bond motifs is 1. The maximum absolute atomic E-state index is 13.3. The summed E-state index contributed by atoms with van der Waals surface area (Å²) in [5, 5.41) is 9.39. The Morgan fingerprint density at radius 3 is 2.59 bits per heavy atom. The standard InChI is InChI=1S/C29H35ClN4O4S/c1-5-7-15-37-27(35)25-19(3)31-28-32-29(39-16-8-6-2)33-34(28)26(25)21-11-14-23(24(17-21)36-4)38-18-20-9-12-22(30)13-10-20/h9-14,17,26H,5-8,15-16,18H2,1-4H3,(H,31,32,33). The highest BCUT2D eigenvalue weighted by Crippen LogP contribution is 2.40. The fraction of sp³-hybridized carbons (Fsp3) is 0.414. The van der Waals surface area contributed by atoms with Crippen molar-refractivity contribution < 1.29 is 19.0 Å². The summed E-state index contributed by atoms with van der Waals surface area (Å²) < 4.78 is 19.2. The van der Waals surface area contributed by atoms with Crippen LogP contribution in [0.1, 0.15) is 63.6 Å². The molecule has 2 aromatic carbocycles. The third kappa shape index (κ3) is 7.08. The zero-order valence-corrected chi connectivity index (χ0v) is 24.4. The second kappa shape index (κ2) is 13.8. The number of anilines is 1. The van der Waals surface area contributed by atoms with Gasteiger partial charge in [-0.1, -0.05) is 68.3 Å². The molecule has 2 heterocycles. The summed E-state index contributed by atoms with van der Waals surface area (Å²) in [4.78, 5) is 18.0. The first-order valence-electron chi connectivity index (χ1n) is 13.2. The van der Waals surface area contributed by atoms with Crippen molar-refractivity contribution in [2.24, 2.45) is 0 Å². The fourth-order valence-corrected chi connectivity index (χ4v) is 5.21. The van der Waals surface area contributed by atoms with Crippen LogP contribution in [0.25, 0.3) is 0 Å². The van der Waals surface area contributed by atoms with Gasteiger partial charge in [-0.2, -0.15) is 4.98 Å². The van der Waals surface area contributed by atoms with Gasteiger partial charge in [-0.25, -0.2) is 9.48 Å². The molecular weight excluding hydrogens is 536 g/mol. The summed E-state index contributed by atoms with van der Waals surface area (Å²) >= 11 is 7.61. The number of benzene rings is 2. The lowest BCUT2D eigenvalue weighted by Crippen LogP contribution is -2.29. The van der Waals surface area contributed by atoms with Crippen molar-refractivity contribution in [2.45, 2.75) is 64.3 Å². The van der Waals surface area contributed by atoms with Crippen molar-refractivity contribution in [1.82, 2.24) is 14.8 Å². The number of halogens is 1. The Bertz CT molecular complexity index is 1310. The number of hydrogen-bond donors (Lipinski definition) is 1. The van der Waals surface area contributed by atoms with Crippen LogP contribution in [0.4, 0.5) is 5.95 Å². The van der Waals surface area contributed by atoms with E-state index in [1.165, 1.54) is 0 Å². The van der Waals surface area contributed by atoms with E-state index < -0.39 is 6.04 Å². The van der Waals surface area contributed by atoms with Gasteiger partial charge in [0.15, 0.2) is 11.5 Å². The van der Waals surface area contributed by atoms with Gasteiger partial charge in [0.1, 0.15) is 12.6 Å². The lowest BCUT2D eigenvalue weighted by atomic mass is 9.95. The van der Waals surface area contributed by atoms with Crippen molar-refractivity contribution in [3.63, 3.8) is 0 Å². The smallest absolute Gasteiger partial charge is 0.338 e. The number of thioether (sulfide) groups is 1. The van der Waals surface area contributed by atoms with Crippen LogP contribution in [0.15, 0.2) is 58.9 Å². The first kappa shape index (κ1) is 28.8. The summed E-state index contributed by atoms with van der Waals surface area (Å²) in [6.07, 6.45) is 3.91. The molecule has 0 saturated heterocycles. The number of ether oxygens (including phenoxy) is 3. The molecule has 1 atom stereocenters. The van der Waals surface area contributed by atoms with Crippen LogP contribution in [0.2, 0.25) is 5.02 Å². The van der Waals surface area contributed by atoms with Gasteiger partial charge >= 0.3 is 5.97 Å². The number of esters is 1. The number of hydrogen-bond acceptors (Lipinski definition) is 8. The van der Waals surface area contributed by atoms with Gasteiger partial charge in [0.2, 0.25) is 11.1 Å². The van der Waals surface area contributed by atoms with E-state index in [-0.39, 0.29) is 5.97 Å². The second-order valence-corrected chi connectivity index (χ2v) is 10.7. The van der Waals surface area contributed by atoms with Crippen LogP contribution in [0.5, 0.6) is 11.5 Å². The quantitative estimate of drug-likeness (QED) is 0.133. The number of rotatable bonds is 13. The van der Waals surface area contributed by atoms with E-state index in [1.807, 2.05) is 49.4 Å². The Balaban J connectivity index is 1.67. The topological polar surface area (TPSA) is 87.5 Å². The molecule has 39 heavy (non-hydrogen) atoms. The molecule has 0 amide bonds. The average Bonchev–Trinajstić information content (AvgIpc) is 3.34. The number of nitrogens with zero attached hydrogens (tertiary/aromatic N) is 3. The van der Waals surface area contributed by atoms with Crippen molar-refractivity contribution >= 4 is 35.3 Å². The highest BCUT2D eigenvalue weighted by atomic mass is 35.5. The maximum Gasteiger partial charge on any atom is 0.338 e. The fourth-order valence-electron chi connectivity index (χ4n) is 4.18. The molecule has 1 unspecified atom stereocenters. The van der Waals surface area contributed by atoms with Crippen molar-refractivity contribution in [3.8, 4) is 11.5 Å². The van der Waals surface area contributed by atoms with E-state index >= 15 is 0 Å². The van der Waals surface area contributed by atoms with E-state index in [1.54, 1.807) is 23.6 Å². The molecule has 1 aromatic heterocycles. The molecule has 0 spiro atoms. The van der Waals surface area contributed by atoms with Gasteiger partial charge < -0.3 is 19.5 Å². The van der Waals surface area contributed by atoms with Crippen molar-refractivity contribution in [2.75, 3.05) is 24.8 Å². The molecule has 3 aromatic rings. The highest BCUT2D eigenvalue weighted by molar-refractivity contribution is 7.99. The second-order valence-electron chi connectivity index (χ2n) is 9.25.